The highest BCUT2D eigenvalue weighted by molar-refractivity contribution is 6.17. The first-order chi connectivity index (χ1) is 23.9. The van der Waals surface area contributed by atoms with Crippen molar-refractivity contribution in [3.63, 3.8) is 0 Å². The number of unbranched alkanes of at least 4 members (excludes halogenated alkanes) is 10. The highest BCUT2D eigenvalue weighted by Crippen LogP contribution is 2.08. The van der Waals surface area contributed by atoms with Gasteiger partial charge in [0.1, 0.15) is 0 Å². The van der Waals surface area contributed by atoms with Crippen LogP contribution in [-0.4, -0.2) is 151 Å². The van der Waals surface area contributed by atoms with Crippen LogP contribution >= 0.6 is 11.6 Å². The number of hydrogen-bond acceptors (Lipinski definition) is 11. The topological polar surface area (TPSA) is 102 Å². The lowest BCUT2D eigenvalue weighted by molar-refractivity contribution is -0.0275. The molecular weight excluding hydrogens is 644 g/mol. The first kappa shape index (κ1) is 47.8. The number of halogens is 1. The first-order valence-electron chi connectivity index (χ1n) is 18.8. The predicted octanol–water partition coefficient (Wildman–Crippen LogP) is 6.11. The molecule has 0 saturated heterocycles. The third-order valence-electron chi connectivity index (χ3n) is 7.03. The number of hydrogen-bond donors (Lipinski definition) is 0. The van der Waals surface area contributed by atoms with Crippen molar-refractivity contribution in [2.75, 3.05) is 151 Å². The zero-order chi connectivity index (χ0) is 34.5. The second-order valence-corrected chi connectivity index (χ2v) is 11.7. The van der Waals surface area contributed by atoms with E-state index in [0.717, 1.165) is 38.4 Å². The van der Waals surface area contributed by atoms with Crippen molar-refractivity contribution in [3.8, 4) is 0 Å². The molecule has 0 heterocycles. The Kier molecular flexibility index (Phi) is 46.7. The van der Waals surface area contributed by atoms with E-state index in [9.17, 15) is 0 Å². The van der Waals surface area contributed by atoms with Gasteiger partial charge in [-0.1, -0.05) is 64.7 Å². The fraction of sp³-hybridized carbons (Fsp3) is 1.00. The summed E-state index contributed by atoms with van der Waals surface area (Å²) < 4.78 is 60.7. The Bertz CT molecular complexity index is 506. The maximum Gasteiger partial charge on any atom is 0.0701 e. The molecule has 0 aliphatic heterocycles. The molecule has 0 amide bonds. The Morgan fingerprint density at radius 1 is 0.229 bits per heavy atom. The number of ether oxygens (including phenoxy) is 11. The van der Waals surface area contributed by atoms with Crippen LogP contribution in [0.1, 0.15) is 84.0 Å². The van der Waals surface area contributed by atoms with E-state index in [4.69, 9.17) is 63.7 Å². The second-order valence-electron chi connectivity index (χ2n) is 11.3. The van der Waals surface area contributed by atoms with E-state index in [-0.39, 0.29) is 0 Å². The molecule has 0 radical (unpaired) electrons. The molecule has 0 spiro atoms. The van der Waals surface area contributed by atoms with Crippen LogP contribution in [0.25, 0.3) is 0 Å². The van der Waals surface area contributed by atoms with E-state index in [1.807, 2.05) is 0 Å². The van der Waals surface area contributed by atoms with E-state index in [2.05, 4.69) is 6.92 Å². The minimum Gasteiger partial charge on any atom is -0.379 e. The van der Waals surface area contributed by atoms with Crippen LogP contribution in [0, 0.1) is 0 Å². The minimum atomic E-state index is 0.524. The highest BCUT2D eigenvalue weighted by atomic mass is 35.5. The fourth-order valence-corrected chi connectivity index (χ4v) is 4.48. The van der Waals surface area contributed by atoms with Crippen LogP contribution < -0.4 is 0 Å². The van der Waals surface area contributed by atoms with Crippen molar-refractivity contribution in [1.29, 1.82) is 0 Å². The van der Waals surface area contributed by atoms with E-state index in [1.165, 1.54) is 57.8 Å². The molecule has 48 heavy (non-hydrogen) atoms. The number of rotatable bonds is 45. The summed E-state index contributed by atoms with van der Waals surface area (Å²) in [6, 6.07) is 0. The van der Waals surface area contributed by atoms with E-state index in [0.29, 0.717) is 132 Å². The van der Waals surface area contributed by atoms with Crippen molar-refractivity contribution in [1.82, 2.24) is 0 Å². The monoisotopic (exact) mass is 716 g/mol. The van der Waals surface area contributed by atoms with Gasteiger partial charge in [-0.05, 0) is 19.3 Å². The van der Waals surface area contributed by atoms with Crippen LogP contribution in [0.5, 0.6) is 0 Å². The van der Waals surface area contributed by atoms with Gasteiger partial charge in [-0.15, -0.1) is 11.6 Å². The SMILES string of the molecule is CCCCCCCCCCOCCOCCOCCOCCOCCOCCOCCOCCOCCOCCOCCCCCCCl. The molecule has 290 valence electrons. The fourth-order valence-electron chi connectivity index (χ4n) is 4.29. The third kappa shape index (κ3) is 45.9. The van der Waals surface area contributed by atoms with Gasteiger partial charge in [0.2, 0.25) is 0 Å². The normalized spacial score (nSPS) is 11.6. The van der Waals surface area contributed by atoms with Crippen LogP contribution in [-0.2, 0) is 52.1 Å². The molecular formula is C36H73ClO11. The minimum absolute atomic E-state index is 0.524. The summed E-state index contributed by atoms with van der Waals surface area (Å²) in [7, 11) is 0. The van der Waals surface area contributed by atoms with Gasteiger partial charge in [0.25, 0.3) is 0 Å². The van der Waals surface area contributed by atoms with Crippen molar-refractivity contribution in [2.24, 2.45) is 0 Å². The van der Waals surface area contributed by atoms with Gasteiger partial charge >= 0.3 is 0 Å². The predicted molar refractivity (Wildman–Crippen MR) is 191 cm³/mol. The largest absolute Gasteiger partial charge is 0.379 e. The van der Waals surface area contributed by atoms with E-state index in [1.54, 1.807) is 0 Å². The first-order valence-corrected chi connectivity index (χ1v) is 19.4. The Morgan fingerprint density at radius 3 is 0.646 bits per heavy atom. The Labute approximate surface area is 298 Å². The summed E-state index contributed by atoms with van der Waals surface area (Å²) in [5.74, 6) is 0.746. The van der Waals surface area contributed by atoms with Gasteiger partial charge in [-0.25, -0.2) is 0 Å². The maximum absolute atomic E-state index is 5.66. The van der Waals surface area contributed by atoms with Crippen molar-refractivity contribution >= 4 is 11.6 Å². The highest BCUT2D eigenvalue weighted by Gasteiger charge is 1.97. The van der Waals surface area contributed by atoms with Crippen molar-refractivity contribution < 1.29 is 52.1 Å². The Balaban J connectivity index is 3.04. The van der Waals surface area contributed by atoms with Crippen LogP contribution in [0.2, 0.25) is 0 Å². The lowest BCUT2D eigenvalue weighted by Gasteiger charge is -2.09. The standard InChI is InChI=1S/C36H73ClO11/c1-2-3-4-5-6-7-9-12-15-38-17-19-40-21-23-42-25-27-44-29-31-46-33-35-48-36-34-47-32-30-45-28-26-43-24-22-41-20-18-39-16-13-10-8-11-14-37/h2-36H2,1H3. The Hall–Kier alpha value is -0.150. The van der Waals surface area contributed by atoms with E-state index >= 15 is 0 Å². The molecule has 12 heteroatoms. The summed E-state index contributed by atoms with van der Waals surface area (Å²) in [6.45, 7) is 15.0. The summed E-state index contributed by atoms with van der Waals surface area (Å²) in [6.07, 6.45) is 15.1. The summed E-state index contributed by atoms with van der Waals surface area (Å²) >= 11 is 5.66. The molecule has 11 nitrogen and oxygen atoms in total. The lowest BCUT2D eigenvalue weighted by Crippen LogP contribution is -2.15. The average Bonchev–Trinajstić information content (AvgIpc) is 3.10. The molecule has 0 rings (SSSR count). The Morgan fingerprint density at radius 2 is 0.417 bits per heavy atom. The quantitative estimate of drug-likeness (QED) is 0.0539. The zero-order valence-electron chi connectivity index (χ0n) is 30.6. The van der Waals surface area contributed by atoms with Gasteiger partial charge in [-0.3, -0.25) is 0 Å². The van der Waals surface area contributed by atoms with E-state index < -0.39 is 0 Å². The molecule has 0 atom stereocenters. The van der Waals surface area contributed by atoms with Crippen LogP contribution in [0.3, 0.4) is 0 Å². The molecule has 0 N–H and O–H groups in total. The second kappa shape index (κ2) is 46.9. The molecule has 0 aromatic rings. The number of alkyl halides is 1. The molecule has 0 aliphatic rings. The van der Waals surface area contributed by atoms with Gasteiger partial charge in [0.05, 0.1) is 132 Å². The maximum atomic E-state index is 5.66. The molecule has 0 bridgehead atoms. The molecule has 0 fully saturated rings. The van der Waals surface area contributed by atoms with Gasteiger partial charge in [-0.2, -0.15) is 0 Å². The van der Waals surface area contributed by atoms with Gasteiger partial charge < -0.3 is 52.1 Å². The molecule has 0 aliphatic carbocycles. The summed E-state index contributed by atoms with van der Waals surface area (Å²) in [5.41, 5.74) is 0. The van der Waals surface area contributed by atoms with Gasteiger partial charge in [0.15, 0.2) is 0 Å². The average molecular weight is 717 g/mol. The zero-order valence-corrected chi connectivity index (χ0v) is 31.4. The van der Waals surface area contributed by atoms with Crippen molar-refractivity contribution in [3.05, 3.63) is 0 Å². The third-order valence-corrected chi connectivity index (χ3v) is 7.30. The molecule has 0 aromatic carbocycles. The summed E-state index contributed by atoms with van der Waals surface area (Å²) in [5, 5.41) is 0. The van der Waals surface area contributed by atoms with Crippen molar-refractivity contribution in [2.45, 2.75) is 84.0 Å². The molecule has 0 unspecified atom stereocenters. The molecule has 0 saturated carbocycles. The lowest BCUT2D eigenvalue weighted by atomic mass is 10.1. The summed E-state index contributed by atoms with van der Waals surface area (Å²) in [4.78, 5) is 0. The smallest absolute Gasteiger partial charge is 0.0701 e. The molecule has 0 aromatic heterocycles. The van der Waals surface area contributed by atoms with Crippen LogP contribution in [0.15, 0.2) is 0 Å². The van der Waals surface area contributed by atoms with Crippen LogP contribution in [0.4, 0.5) is 0 Å². The van der Waals surface area contributed by atoms with Gasteiger partial charge in [0, 0.05) is 19.1 Å².